The molecule has 0 heterocycles. The lowest BCUT2D eigenvalue weighted by Crippen LogP contribution is -2.05. The van der Waals surface area contributed by atoms with Gasteiger partial charge in [-0.3, -0.25) is 0 Å². The minimum Gasteiger partial charge on any atom is -0.494 e. The van der Waals surface area contributed by atoms with Crippen molar-refractivity contribution in [1.29, 1.82) is 0 Å². The Morgan fingerprint density at radius 1 is 1.11 bits per heavy atom. The summed E-state index contributed by atoms with van der Waals surface area (Å²) in [7, 11) is 1.44. The Morgan fingerprint density at radius 2 is 1.79 bits per heavy atom. The molecule has 0 atom stereocenters. The van der Waals surface area contributed by atoms with Crippen molar-refractivity contribution in [2.45, 2.75) is 0 Å². The van der Waals surface area contributed by atoms with Crippen molar-refractivity contribution >= 4 is 17.3 Å². The molecule has 98 valence electrons. The predicted octanol–water partition coefficient (Wildman–Crippen LogP) is 2.22. The Balaban J connectivity index is 2.69. The Labute approximate surface area is 110 Å². The van der Waals surface area contributed by atoms with E-state index in [0.29, 0.717) is 17.0 Å². The SMILES string of the molecule is COc1c(-c2ccccc2N)ccc(C(=O)O)c1N. The van der Waals surface area contributed by atoms with E-state index < -0.39 is 5.97 Å². The Hall–Kier alpha value is -2.69. The zero-order valence-corrected chi connectivity index (χ0v) is 10.4. The minimum absolute atomic E-state index is 0.00935. The van der Waals surface area contributed by atoms with Crippen molar-refractivity contribution in [3.63, 3.8) is 0 Å². The summed E-state index contributed by atoms with van der Waals surface area (Å²) in [5.74, 6) is -0.777. The molecule has 0 spiro atoms. The highest BCUT2D eigenvalue weighted by Crippen LogP contribution is 2.39. The highest BCUT2D eigenvalue weighted by atomic mass is 16.5. The predicted molar refractivity (Wildman–Crippen MR) is 74.2 cm³/mol. The van der Waals surface area contributed by atoms with Gasteiger partial charge < -0.3 is 21.3 Å². The molecule has 19 heavy (non-hydrogen) atoms. The van der Waals surface area contributed by atoms with Crippen molar-refractivity contribution in [1.82, 2.24) is 0 Å². The first-order valence-corrected chi connectivity index (χ1v) is 5.61. The van der Waals surface area contributed by atoms with E-state index in [1.165, 1.54) is 13.2 Å². The van der Waals surface area contributed by atoms with E-state index >= 15 is 0 Å². The van der Waals surface area contributed by atoms with Crippen LogP contribution in [0.1, 0.15) is 10.4 Å². The molecule has 2 rings (SSSR count). The third-order valence-corrected chi connectivity index (χ3v) is 2.88. The standard InChI is InChI=1S/C14H14N2O3/c1-19-13-9(8-4-2-3-5-11(8)15)6-7-10(12(13)16)14(17)18/h2-7H,15-16H2,1H3,(H,17,18). The topological polar surface area (TPSA) is 98.6 Å². The van der Waals surface area contributed by atoms with Crippen molar-refractivity contribution in [3.05, 3.63) is 42.0 Å². The highest BCUT2D eigenvalue weighted by molar-refractivity contribution is 5.98. The second kappa shape index (κ2) is 4.89. The molecule has 0 unspecified atom stereocenters. The molecule has 5 nitrogen and oxygen atoms in total. The Morgan fingerprint density at radius 3 is 2.37 bits per heavy atom. The molecule has 0 amide bonds. The third-order valence-electron chi connectivity index (χ3n) is 2.88. The maximum Gasteiger partial charge on any atom is 0.337 e. The number of nitrogens with two attached hydrogens (primary N) is 2. The first kappa shape index (κ1) is 12.8. The number of ether oxygens (including phenoxy) is 1. The van der Waals surface area contributed by atoms with Crippen LogP contribution in [0.3, 0.4) is 0 Å². The number of benzene rings is 2. The number of rotatable bonds is 3. The molecule has 0 fully saturated rings. The van der Waals surface area contributed by atoms with Crippen molar-refractivity contribution < 1.29 is 14.6 Å². The van der Waals surface area contributed by atoms with E-state index in [-0.39, 0.29) is 11.3 Å². The molecule has 0 saturated heterocycles. The molecule has 5 N–H and O–H groups in total. The monoisotopic (exact) mass is 258 g/mol. The van der Waals surface area contributed by atoms with Crippen molar-refractivity contribution in [2.24, 2.45) is 0 Å². The van der Waals surface area contributed by atoms with E-state index in [4.69, 9.17) is 21.3 Å². The molecule has 0 aliphatic carbocycles. The van der Waals surface area contributed by atoms with Crippen LogP contribution in [0.15, 0.2) is 36.4 Å². The zero-order valence-electron chi connectivity index (χ0n) is 10.4. The van der Waals surface area contributed by atoms with Gasteiger partial charge in [0.2, 0.25) is 0 Å². The van der Waals surface area contributed by atoms with Crippen LogP contribution in [-0.4, -0.2) is 18.2 Å². The maximum atomic E-state index is 11.0. The molecule has 0 aliphatic rings. The molecule has 0 radical (unpaired) electrons. The number of anilines is 2. The van der Waals surface area contributed by atoms with Crippen LogP contribution >= 0.6 is 0 Å². The molecule has 2 aromatic carbocycles. The fourth-order valence-corrected chi connectivity index (χ4v) is 1.96. The van der Waals surface area contributed by atoms with E-state index in [1.54, 1.807) is 12.1 Å². The second-order valence-electron chi connectivity index (χ2n) is 4.00. The van der Waals surface area contributed by atoms with E-state index in [1.807, 2.05) is 18.2 Å². The van der Waals surface area contributed by atoms with Crippen LogP contribution < -0.4 is 16.2 Å². The number of carboxylic acids is 1. The normalized spacial score (nSPS) is 10.2. The van der Waals surface area contributed by atoms with Crippen LogP contribution in [-0.2, 0) is 0 Å². The summed E-state index contributed by atoms with van der Waals surface area (Å²) in [6, 6.07) is 10.3. The number of carboxylic acid groups (broad SMARTS) is 1. The average Bonchev–Trinajstić information content (AvgIpc) is 2.38. The van der Waals surface area contributed by atoms with E-state index in [0.717, 1.165) is 5.56 Å². The fraction of sp³-hybridized carbons (Fsp3) is 0.0714. The summed E-state index contributed by atoms with van der Waals surface area (Å²) >= 11 is 0. The Bertz CT molecular complexity index is 639. The summed E-state index contributed by atoms with van der Waals surface area (Å²) in [6.45, 7) is 0. The van der Waals surface area contributed by atoms with E-state index in [2.05, 4.69) is 0 Å². The van der Waals surface area contributed by atoms with Gasteiger partial charge >= 0.3 is 5.97 Å². The Kier molecular flexibility index (Phi) is 3.29. The van der Waals surface area contributed by atoms with Crippen LogP contribution in [0.25, 0.3) is 11.1 Å². The van der Waals surface area contributed by atoms with Gasteiger partial charge in [-0.1, -0.05) is 18.2 Å². The third kappa shape index (κ3) is 2.18. The molecular formula is C14H14N2O3. The van der Waals surface area contributed by atoms with Gasteiger partial charge in [-0.25, -0.2) is 4.79 Å². The molecule has 0 aromatic heterocycles. The van der Waals surface area contributed by atoms with Crippen LogP contribution in [0, 0.1) is 0 Å². The van der Waals surface area contributed by atoms with Crippen molar-refractivity contribution in [2.75, 3.05) is 18.6 Å². The van der Waals surface area contributed by atoms with E-state index in [9.17, 15) is 4.79 Å². The first-order chi connectivity index (χ1) is 9.06. The lowest BCUT2D eigenvalue weighted by molar-refractivity contribution is 0.0698. The summed E-state index contributed by atoms with van der Waals surface area (Å²) < 4.78 is 5.23. The lowest BCUT2D eigenvalue weighted by atomic mass is 9.99. The van der Waals surface area contributed by atoms with Gasteiger partial charge in [0, 0.05) is 16.8 Å². The van der Waals surface area contributed by atoms with Gasteiger partial charge in [-0.2, -0.15) is 0 Å². The zero-order chi connectivity index (χ0) is 14.0. The molecule has 0 saturated carbocycles. The second-order valence-corrected chi connectivity index (χ2v) is 4.00. The smallest absolute Gasteiger partial charge is 0.337 e. The fourth-order valence-electron chi connectivity index (χ4n) is 1.96. The number of para-hydroxylation sites is 1. The van der Waals surface area contributed by atoms with Gasteiger partial charge in [0.1, 0.15) is 0 Å². The molecule has 5 heteroatoms. The van der Waals surface area contributed by atoms with Gasteiger partial charge in [-0.05, 0) is 18.2 Å². The van der Waals surface area contributed by atoms with Crippen LogP contribution in [0.5, 0.6) is 5.75 Å². The lowest BCUT2D eigenvalue weighted by Gasteiger charge is -2.14. The van der Waals surface area contributed by atoms with Gasteiger partial charge in [0.15, 0.2) is 5.75 Å². The number of nitrogen functional groups attached to an aromatic ring is 2. The largest absolute Gasteiger partial charge is 0.494 e. The molecule has 0 aliphatic heterocycles. The number of carbonyl (C=O) groups is 1. The molecular weight excluding hydrogens is 244 g/mol. The highest BCUT2D eigenvalue weighted by Gasteiger charge is 2.17. The van der Waals surface area contributed by atoms with Crippen molar-refractivity contribution in [3.8, 4) is 16.9 Å². The molecule has 2 aromatic rings. The number of aromatic carboxylic acids is 1. The summed E-state index contributed by atoms with van der Waals surface area (Å²) in [5.41, 5.74) is 13.8. The summed E-state index contributed by atoms with van der Waals surface area (Å²) in [5, 5.41) is 9.04. The van der Waals surface area contributed by atoms with Gasteiger partial charge in [-0.15, -0.1) is 0 Å². The number of hydrogen-bond donors (Lipinski definition) is 3. The molecule has 0 bridgehead atoms. The van der Waals surface area contributed by atoms with Gasteiger partial charge in [0.05, 0.1) is 18.4 Å². The minimum atomic E-state index is -1.09. The summed E-state index contributed by atoms with van der Waals surface area (Å²) in [6.07, 6.45) is 0. The first-order valence-electron chi connectivity index (χ1n) is 5.61. The van der Waals surface area contributed by atoms with Gasteiger partial charge in [0.25, 0.3) is 0 Å². The van der Waals surface area contributed by atoms with Crippen LogP contribution in [0.4, 0.5) is 11.4 Å². The van der Waals surface area contributed by atoms with Crippen LogP contribution in [0.2, 0.25) is 0 Å². The maximum absolute atomic E-state index is 11.0. The number of methoxy groups -OCH3 is 1. The number of hydrogen-bond acceptors (Lipinski definition) is 4. The average molecular weight is 258 g/mol. The summed E-state index contributed by atoms with van der Waals surface area (Å²) in [4.78, 5) is 11.0. The quantitative estimate of drug-likeness (QED) is 0.733.